The van der Waals surface area contributed by atoms with Crippen LogP contribution >= 0.6 is 0 Å². The quantitative estimate of drug-likeness (QED) is 0.722. The molecule has 2 aromatic carbocycles. The summed E-state index contributed by atoms with van der Waals surface area (Å²) in [6.45, 7) is 2.00. The van der Waals surface area contributed by atoms with Gasteiger partial charge in [-0.2, -0.15) is 0 Å². The van der Waals surface area contributed by atoms with Crippen LogP contribution in [0.4, 0.5) is 0 Å². The molecular weight excluding hydrogens is 309 g/mol. The van der Waals surface area contributed by atoms with Crippen molar-refractivity contribution in [3.8, 4) is 0 Å². The third-order valence-corrected chi connectivity index (χ3v) is 4.15. The highest BCUT2D eigenvalue weighted by molar-refractivity contribution is 6.62. The Balaban J connectivity index is 1.90. The van der Waals surface area contributed by atoms with Gasteiger partial charge in [-0.05, 0) is 35.1 Å². The van der Waals surface area contributed by atoms with E-state index in [0.717, 1.165) is 5.56 Å². The van der Waals surface area contributed by atoms with E-state index in [1.165, 1.54) is 0 Å². The molecular formula is C17H16BNO5. The number of fused-ring (bicyclic) bond motifs is 1. The van der Waals surface area contributed by atoms with Crippen LogP contribution in [0.3, 0.4) is 0 Å². The highest BCUT2D eigenvalue weighted by atomic mass is 16.5. The fourth-order valence-corrected chi connectivity index (χ4v) is 2.89. The zero-order valence-electron chi connectivity index (χ0n) is 13.0. The first-order chi connectivity index (χ1) is 11.5. The Kier molecular flexibility index (Phi) is 4.37. The van der Waals surface area contributed by atoms with E-state index >= 15 is 0 Å². The normalized spacial score (nSPS) is 14.2. The van der Waals surface area contributed by atoms with Gasteiger partial charge in [0.05, 0.1) is 6.61 Å². The molecule has 7 heteroatoms. The maximum absolute atomic E-state index is 12.6. The Morgan fingerprint density at radius 3 is 2.58 bits per heavy atom. The van der Waals surface area contributed by atoms with Crippen molar-refractivity contribution in [3.63, 3.8) is 0 Å². The van der Waals surface area contributed by atoms with E-state index in [1.807, 2.05) is 0 Å². The van der Waals surface area contributed by atoms with Crippen molar-refractivity contribution in [2.24, 2.45) is 0 Å². The van der Waals surface area contributed by atoms with Gasteiger partial charge in [-0.25, -0.2) is 4.79 Å². The van der Waals surface area contributed by atoms with Gasteiger partial charge in [0, 0.05) is 5.56 Å². The smallest absolute Gasteiger partial charge is 0.479 e. The second-order valence-electron chi connectivity index (χ2n) is 5.63. The van der Waals surface area contributed by atoms with Crippen molar-refractivity contribution < 1.29 is 24.4 Å². The molecule has 1 amide bonds. The minimum Gasteiger partial charge on any atom is -0.479 e. The standard InChI is InChI=1S/C17H16BNO5/c1-10-13(8-7-12-9-24-18(23)14(10)12)16(20)19-15(17(21)22)11-5-3-2-4-6-11/h2-8,15,23H,9H2,1H3,(H,19,20)(H,21,22)/t15-/m0/s1. The number of amides is 1. The monoisotopic (exact) mass is 325 g/mol. The number of carboxylic acids is 1. The SMILES string of the molecule is Cc1c(C(=O)N[C@H](C(=O)O)c2ccccc2)ccc2c1B(O)OC2. The molecule has 3 N–H and O–H groups in total. The van der Waals surface area contributed by atoms with Gasteiger partial charge in [0.2, 0.25) is 0 Å². The Hall–Kier alpha value is -2.64. The summed E-state index contributed by atoms with van der Waals surface area (Å²) in [6, 6.07) is 10.7. The van der Waals surface area contributed by atoms with Crippen molar-refractivity contribution in [2.45, 2.75) is 19.6 Å². The molecule has 6 nitrogen and oxygen atoms in total. The van der Waals surface area contributed by atoms with Gasteiger partial charge in [-0.1, -0.05) is 36.4 Å². The molecule has 1 heterocycles. The van der Waals surface area contributed by atoms with Crippen LogP contribution < -0.4 is 10.8 Å². The first-order valence-electron chi connectivity index (χ1n) is 7.49. The molecule has 122 valence electrons. The molecule has 0 radical (unpaired) electrons. The molecule has 0 aliphatic carbocycles. The topological polar surface area (TPSA) is 95.9 Å². The highest BCUT2D eigenvalue weighted by Gasteiger charge is 2.32. The summed E-state index contributed by atoms with van der Waals surface area (Å²) in [6.07, 6.45) is 0. The molecule has 0 aromatic heterocycles. The third kappa shape index (κ3) is 2.91. The van der Waals surface area contributed by atoms with Gasteiger partial charge in [-0.3, -0.25) is 4.79 Å². The van der Waals surface area contributed by atoms with Crippen molar-refractivity contribution in [3.05, 3.63) is 64.7 Å². The number of hydrogen-bond donors (Lipinski definition) is 3. The predicted octanol–water partition coefficient (Wildman–Crippen LogP) is 0.768. The van der Waals surface area contributed by atoms with Crippen molar-refractivity contribution in [1.82, 2.24) is 5.32 Å². The fraction of sp³-hybridized carbons (Fsp3) is 0.176. The van der Waals surface area contributed by atoms with Gasteiger partial charge in [0.25, 0.3) is 5.91 Å². The first kappa shape index (κ1) is 16.2. The van der Waals surface area contributed by atoms with Crippen LogP contribution in [0.15, 0.2) is 42.5 Å². The lowest BCUT2D eigenvalue weighted by molar-refractivity contribution is -0.139. The van der Waals surface area contributed by atoms with E-state index in [2.05, 4.69) is 5.32 Å². The summed E-state index contributed by atoms with van der Waals surface area (Å²) < 4.78 is 5.16. The lowest BCUT2D eigenvalue weighted by Crippen LogP contribution is -2.37. The van der Waals surface area contributed by atoms with E-state index in [0.29, 0.717) is 28.8 Å². The zero-order chi connectivity index (χ0) is 17.3. The van der Waals surface area contributed by atoms with Gasteiger partial charge in [-0.15, -0.1) is 0 Å². The average Bonchev–Trinajstić information content (AvgIpc) is 2.95. The molecule has 3 rings (SSSR count). The highest BCUT2D eigenvalue weighted by Crippen LogP contribution is 2.18. The maximum Gasteiger partial charge on any atom is 0.492 e. The lowest BCUT2D eigenvalue weighted by Gasteiger charge is -2.17. The Bertz CT molecular complexity index is 793. The van der Waals surface area contributed by atoms with Crippen LogP contribution in [0.2, 0.25) is 0 Å². The van der Waals surface area contributed by atoms with Gasteiger partial charge >= 0.3 is 13.1 Å². The van der Waals surface area contributed by atoms with E-state index in [4.69, 9.17) is 4.65 Å². The molecule has 24 heavy (non-hydrogen) atoms. The van der Waals surface area contributed by atoms with Crippen molar-refractivity contribution in [2.75, 3.05) is 0 Å². The Labute approximate surface area is 139 Å². The van der Waals surface area contributed by atoms with E-state index in [9.17, 15) is 19.7 Å². The number of carboxylic acid groups (broad SMARTS) is 1. The number of hydrogen-bond acceptors (Lipinski definition) is 4. The third-order valence-electron chi connectivity index (χ3n) is 4.15. The molecule has 0 saturated heterocycles. The number of carbonyl (C=O) groups is 2. The Morgan fingerprint density at radius 1 is 1.21 bits per heavy atom. The summed E-state index contributed by atoms with van der Waals surface area (Å²) in [5.74, 6) is -1.65. The molecule has 0 bridgehead atoms. The molecule has 0 fully saturated rings. The van der Waals surface area contributed by atoms with E-state index in [-0.39, 0.29) is 0 Å². The molecule has 2 aromatic rings. The zero-order valence-corrected chi connectivity index (χ0v) is 13.0. The molecule has 1 atom stereocenters. The maximum atomic E-state index is 12.6. The van der Waals surface area contributed by atoms with Crippen LogP contribution in [0.1, 0.15) is 33.1 Å². The van der Waals surface area contributed by atoms with Gasteiger partial charge < -0.3 is 20.1 Å². The largest absolute Gasteiger partial charge is 0.492 e. The van der Waals surface area contributed by atoms with Gasteiger partial charge in [0.1, 0.15) is 0 Å². The Morgan fingerprint density at radius 2 is 1.92 bits per heavy atom. The summed E-state index contributed by atoms with van der Waals surface area (Å²) in [4.78, 5) is 24.1. The number of aliphatic carboxylic acids is 1. The molecule has 1 aliphatic heterocycles. The number of nitrogens with one attached hydrogen (secondary N) is 1. The van der Waals surface area contributed by atoms with Crippen LogP contribution in [0.25, 0.3) is 0 Å². The predicted molar refractivity (Wildman–Crippen MR) is 87.9 cm³/mol. The number of carbonyl (C=O) groups excluding carboxylic acids is 1. The summed E-state index contributed by atoms with van der Waals surface area (Å²) in [7, 11) is -1.06. The molecule has 0 spiro atoms. The molecule has 0 saturated carbocycles. The summed E-state index contributed by atoms with van der Waals surface area (Å²) in [5.41, 5.74) is 2.80. The van der Waals surface area contributed by atoms with E-state index < -0.39 is 25.0 Å². The lowest BCUT2D eigenvalue weighted by atomic mass is 9.75. The second kappa shape index (κ2) is 6.47. The van der Waals surface area contributed by atoms with Crippen molar-refractivity contribution in [1.29, 1.82) is 0 Å². The molecule has 0 unspecified atom stereocenters. The molecule has 1 aliphatic rings. The second-order valence-corrected chi connectivity index (χ2v) is 5.63. The fourth-order valence-electron chi connectivity index (χ4n) is 2.89. The average molecular weight is 325 g/mol. The minimum absolute atomic E-state index is 0.293. The van der Waals surface area contributed by atoms with Crippen LogP contribution in [-0.4, -0.2) is 29.1 Å². The van der Waals surface area contributed by atoms with Crippen LogP contribution in [-0.2, 0) is 16.1 Å². The van der Waals surface area contributed by atoms with E-state index in [1.54, 1.807) is 49.4 Å². The van der Waals surface area contributed by atoms with Crippen molar-refractivity contribution >= 4 is 24.5 Å². The van der Waals surface area contributed by atoms with Gasteiger partial charge in [0.15, 0.2) is 6.04 Å². The first-order valence-corrected chi connectivity index (χ1v) is 7.49. The van der Waals surface area contributed by atoms with Crippen LogP contribution in [0.5, 0.6) is 0 Å². The number of benzene rings is 2. The van der Waals surface area contributed by atoms with Crippen LogP contribution in [0, 0.1) is 6.92 Å². The summed E-state index contributed by atoms with van der Waals surface area (Å²) >= 11 is 0. The minimum atomic E-state index is -1.15. The number of rotatable bonds is 4. The summed E-state index contributed by atoms with van der Waals surface area (Å²) in [5, 5.41) is 21.8.